The van der Waals surface area contributed by atoms with Gasteiger partial charge in [-0.1, -0.05) is 6.07 Å². The normalized spacial score (nSPS) is 19.7. The van der Waals surface area contributed by atoms with E-state index in [1.165, 1.54) is 12.3 Å². The molecule has 2 aromatic rings. The summed E-state index contributed by atoms with van der Waals surface area (Å²) in [5, 5.41) is 8.74. The second kappa shape index (κ2) is 8.39. The van der Waals surface area contributed by atoms with E-state index in [2.05, 4.69) is 15.5 Å². The molecule has 0 saturated heterocycles. The number of anilines is 1. The molecule has 1 amide bonds. The Hall–Kier alpha value is -2.61. The Labute approximate surface area is 155 Å². The van der Waals surface area contributed by atoms with Crippen LogP contribution in [0.4, 0.5) is 14.5 Å². The van der Waals surface area contributed by atoms with E-state index < -0.39 is 23.1 Å². The van der Waals surface area contributed by atoms with E-state index in [4.69, 9.17) is 5.73 Å². The van der Waals surface area contributed by atoms with Crippen LogP contribution in [0.2, 0.25) is 0 Å². The Bertz CT molecular complexity index is 809. The first-order valence-electron chi connectivity index (χ1n) is 9.01. The van der Waals surface area contributed by atoms with Crippen LogP contribution in [0.15, 0.2) is 24.4 Å². The highest BCUT2D eigenvalue weighted by atomic mass is 19.1. The molecule has 1 saturated carbocycles. The molecule has 4 N–H and O–H groups in total. The lowest BCUT2D eigenvalue weighted by Gasteiger charge is -2.27. The topological polar surface area (TPSA) is 101 Å². The molecule has 1 aromatic carbocycles. The van der Waals surface area contributed by atoms with Crippen molar-refractivity contribution in [1.29, 1.82) is 0 Å². The maximum absolute atomic E-state index is 13.8. The van der Waals surface area contributed by atoms with Crippen molar-refractivity contribution in [2.45, 2.75) is 32.1 Å². The van der Waals surface area contributed by atoms with Crippen LogP contribution in [-0.4, -0.2) is 28.4 Å². The zero-order valence-corrected chi connectivity index (χ0v) is 14.8. The number of Topliss-reactive ketones (excluding diaryl/α,β-unsaturated/α-hetero) is 1. The number of nitrogens with zero attached hydrogens (tertiary/aromatic N) is 1. The van der Waals surface area contributed by atoms with Gasteiger partial charge in [0.15, 0.2) is 5.78 Å². The molecule has 8 heteroatoms. The average molecular weight is 376 g/mol. The van der Waals surface area contributed by atoms with Gasteiger partial charge in [-0.2, -0.15) is 5.10 Å². The number of carbonyl (C=O) groups is 2. The Kier molecular flexibility index (Phi) is 5.95. The fourth-order valence-corrected chi connectivity index (χ4v) is 3.53. The van der Waals surface area contributed by atoms with Gasteiger partial charge in [0.2, 0.25) is 0 Å². The van der Waals surface area contributed by atoms with E-state index >= 15 is 0 Å². The average Bonchev–Trinajstić information content (AvgIpc) is 3.10. The summed E-state index contributed by atoms with van der Waals surface area (Å²) < 4.78 is 27.5. The maximum Gasteiger partial charge on any atom is 0.261 e. The fourth-order valence-electron chi connectivity index (χ4n) is 3.53. The van der Waals surface area contributed by atoms with Gasteiger partial charge >= 0.3 is 0 Å². The number of aromatic nitrogens is 2. The summed E-state index contributed by atoms with van der Waals surface area (Å²) in [6, 6.07) is 3.17. The molecular formula is C19H22F2N4O2. The number of hydrogen-bond donors (Lipinski definition) is 3. The number of aromatic amines is 1. The molecule has 3 rings (SSSR count). The molecule has 0 bridgehead atoms. The zero-order chi connectivity index (χ0) is 19.4. The third-order valence-electron chi connectivity index (χ3n) is 5.13. The molecule has 0 aliphatic heterocycles. The van der Waals surface area contributed by atoms with Crippen molar-refractivity contribution in [2.75, 3.05) is 11.9 Å². The standard InChI is InChI=1S/C19H22F2N4O2/c20-13-2-1-3-14(21)17(13)19(27)24-15-10-23-25-18(15)16(26)8-11-4-6-12(9-22)7-5-11/h1-3,10-12H,4-9,22H2,(H,23,25)(H,24,27). The van der Waals surface area contributed by atoms with Gasteiger partial charge in [0, 0.05) is 6.42 Å². The summed E-state index contributed by atoms with van der Waals surface area (Å²) in [5.41, 5.74) is 5.25. The summed E-state index contributed by atoms with van der Waals surface area (Å²) in [6.07, 6.45) is 5.47. The largest absolute Gasteiger partial charge is 0.330 e. The predicted molar refractivity (Wildman–Crippen MR) is 96.3 cm³/mol. The first kappa shape index (κ1) is 19.2. The molecule has 144 valence electrons. The van der Waals surface area contributed by atoms with Crippen molar-refractivity contribution in [1.82, 2.24) is 10.2 Å². The number of ketones is 1. The summed E-state index contributed by atoms with van der Waals surface area (Å²) in [6.45, 7) is 0.671. The first-order chi connectivity index (χ1) is 13.0. The number of nitrogens with two attached hydrogens (primary N) is 1. The van der Waals surface area contributed by atoms with Gasteiger partial charge in [-0.25, -0.2) is 8.78 Å². The predicted octanol–water partition coefficient (Wildman–Crippen LogP) is 3.28. The molecule has 1 aliphatic carbocycles. The summed E-state index contributed by atoms with van der Waals surface area (Å²) >= 11 is 0. The molecule has 1 aliphatic rings. The van der Waals surface area contributed by atoms with Crippen molar-refractivity contribution < 1.29 is 18.4 Å². The van der Waals surface area contributed by atoms with Crippen molar-refractivity contribution in [2.24, 2.45) is 17.6 Å². The quantitative estimate of drug-likeness (QED) is 0.674. The van der Waals surface area contributed by atoms with Gasteiger partial charge in [0.05, 0.1) is 11.9 Å². The van der Waals surface area contributed by atoms with Crippen LogP contribution < -0.4 is 11.1 Å². The zero-order valence-electron chi connectivity index (χ0n) is 14.8. The number of carbonyl (C=O) groups excluding carboxylic acids is 2. The van der Waals surface area contributed by atoms with E-state index in [0.29, 0.717) is 18.9 Å². The number of rotatable bonds is 6. The van der Waals surface area contributed by atoms with Gasteiger partial charge in [0.25, 0.3) is 5.91 Å². The lowest BCUT2D eigenvalue weighted by Crippen LogP contribution is -2.23. The summed E-state index contributed by atoms with van der Waals surface area (Å²) in [5.74, 6) is -2.32. The number of hydrogen-bond acceptors (Lipinski definition) is 4. The van der Waals surface area contributed by atoms with Crippen molar-refractivity contribution in [3.05, 3.63) is 47.3 Å². The number of halogens is 2. The van der Waals surface area contributed by atoms with E-state index in [9.17, 15) is 18.4 Å². The van der Waals surface area contributed by atoms with Crippen molar-refractivity contribution in [3.63, 3.8) is 0 Å². The minimum Gasteiger partial charge on any atom is -0.330 e. The molecule has 0 atom stereocenters. The van der Waals surface area contributed by atoms with Crippen LogP contribution in [0, 0.1) is 23.5 Å². The van der Waals surface area contributed by atoms with E-state index in [1.54, 1.807) is 0 Å². The van der Waals surface area contributed by atoms with E-state index in [0.717, 1.165) is 37.8 Å². The van der Waals surface area contributed by atoms with E-state index in [1.807, 2.05) is 0 Å². The molecule has 6 nitrogen and oxygen atoms in total. The third kappa shape index (κ3) is 4.39. The van der Waals surface area contributed by atoms with Gasteiger partial charge in [0.1, 0.15) is 22.9 Å². The molecule has 0 radical (unpaired) electrons. The Morgan fingerprint density at radius 2 is 1.78 bits per heavy atom. The second-order valence-corrected chi connectivity index (χ2v) is 6.96. The molecule has 1 heterocycles. The number of benzene rings is 1. The van der Waals surface area contributed by atoms with Gasteiger partial charge < -0.3 is 11.1 Å². The van der Waals surface area contributed by atoms with Crippen LogP contribution in [0.3, 0.4) is 0 Å². The highest BCUT2D eigenvalue weighted by molar-refractivity contribution is 6.08. The molecule has 0 unspecified atom stereocenters. The Morgan fingerprint density at radius 1 is 1.15 bits per heavy atom. The number of H-pyrrole nitrogens is 1. The number of nitrogens with one attached hydrogen (secondary N) is 2. The monoisotopic (exact) mass is 376 g/mol. The maximum atomic E-state index is 13.8. The lowest BCUT2D eigenvalue weighted by molar-refractivity contribution is 0.0939. The van der Waals surface area contributed by atoms with Gasteiger partial charge in [-0.05, 0) is 56.2 Å². The smallest absolute Gasteiger partial charge is 0.261 e. The third-order valence-corrected chi connectivity index (χ3v) is 5.13. The van der Waals surface area contributed by atoms with Crippen LogP contribution >= 0.6 is 0 Å². The molecule has 1 aromatic heterocycles. The van der Waals surface area contributed by atoms with Crippen LogP contribution in [0.1, 0.15) is 53.0 Å². The highest BCUT2D eigenvalue weighted by Crippen LogP contribution is 2.31. The molecular weight excluding hydrogens is 354 g/mol. The van der Waals surface area contributed by atoms with Crippen molar-refractivity contribution >= 4 is 17.4 Å². The molecule has 27 heavy (non-hydrogen) atoms. The van der Waals surface area contributed by atoms with E-state index in [-0.39, 0.29) is 23.1 Å². The first-order valence-corrected chi connectivity index (χ1v) is 9.01. The minimum atomic E-state index is -0.972. The lowest BCUT2D eigenvalue weighted by atomic mass is 9.79. The second-order valence-electron chi connectivity index (χ2n) is 6.96. The van der Waals surface area contributed by atoms with Crippen LogP contribution in [0.25, 0.3) is 0 Å². The molecule has 1 fully saturated rings. The van der Waals surface area contributed by atoms with Crippen LogP contribution in [-0.2, 0) is 0 Å². The Morgan fingerprint density at radius 3 is 2.41 bits per heavy atom. The summed E-state index contributed by atoms with van der Waals surface area (Å²) in [7, 11) is 0. The minimum absolute atomic E-state index is 0.114. The SMILES string of the molecule is NCC1CCC(CC(=O)c2[nH]ncc2NC(=O)c2c(F)cccc2F)CC1. The summed E-state index contributed by atoms with van der Waals surface area (Å²) in [4.78, 5) is 24.8. The fraction of sp³-hybridized carbons (Fsp3) is 0.421. The van der Waals surface area contributed by atoms with Crippen molar-refractivity contribution in [3.8, 4) is 0 Å². The van der Waals surface area contributed by atoms with Gasteiger partial charge in [-0.15, -0.1) is 0 Å². The van der Waals surface area contributed by atoms with Gasteiger partial charge in [-0.3, -0.25) is 14.7 Å². The van der Waals surface area contributed by atoms with Crippen LogP contribution in [0.5, 0.6) is 0 Å². The number of amides is 1. The Balaban J connectivity index is 1.67. The molecule has 0 spiro atoms. The highest BCUT2D eigenvalue weighted by Gasteiger charge is 2.25.